The largest absolute Gasteiger partial charge is 0.495 e. The van der Waals surface area contributed by atoms with E-state index in [9.17, 15) is 4.39 Å². The lowest BCUT2D eigenvalue weighted by atomic mass is 10.0. The summed E-state index contributed by atoms with van der Waals surface area (Å²) in [6.45, 7) is 0.606. The summed E-state index contributed by atoms with van der Waals surface area (Å²) in [6.07, 6.45) is 0. The molecule has 3 rings (SSSR count). The van der Waals surface area contributed by atoms with E-state index in [4.69, 9.17) is 4.74 Å². The van der Waals surface area contributed by atoms with E-state index in [1.54, 1.807) is 19.2 Å². The molecule has 0 bridgehead atoms. The van der Waals surface area contributed by atoms with Crippen LogP contribution in [0, 0.1) is 5.82 Å². The molecule has 0 heterocycles. The Morgan fingerprint density at radius 2 is 1.61 bits per heavy atom. The molecule has 0 aromatic heterocycles. The third kappa shape index (κ3) is 3.69. The minimum Gasteiger partial charge on any atom is -0.495 e. The van der Waals surface area contributed by atoms with Gasteiger partial charge in [0.1, 0.15) is 11.6 Å². The fraction of sp³-hybridized carbons (Fsp3) is 0.100. The van der Waals surface area contributed by atoms with Crippen molar-refractivity contribution >= 4 is 5.69 Å². The lowest BCUT2D eigenvalue weighted by Crippen LogP contribution is -2.01. The molecule has 0 fully saturated rings. The van der Waals surface area contributed by atoms with Gasteiger partial charge >= 0.3 is 0 Å². The highest BCUT2D eigenvalue weighted by Gasteiger charge is 2.06. The zero-order valence-electron chi connectivity index (χ0n) is 12.9. The van der Waals surface area contributed by atoms with Gasteiger partial charge in [0.15, 0.2) is 0 Å². The Morgan fingerprint density at radius 1 is 0.870 bits per heavy atom. The third-order valence-corrected chi connectivity index (χ3v) is 3.70. The number of benzene rings is 3. The molecule has 0 aliphatic rings. The molecular weight excluding hydrogens is 289 g/mol. The number of rotatable bonds is 5. The Morgan fingerprint density at radius 3 is 2.30 bits per heavy atom. The Hall–Kier alpha value is -2.81. The average Bonchev–Trinajstić information content (AvgIpc) is 2.62. The van der Waals surface area contributed by atoms with Crippen LogP contribution in [-0.2, 0) is 6.54 Å². The zero-order chi connectivity index (χ0) is 16.1. The average molecular weight is 307 g/mol. The Kier molecular flexibility index (Phi) is 4.57. The molecule has 116 valence electrons. The molecule has 23 heavy (non-hydrogen) atoms. The minimum absolute atomic E-state index is 0.225. The molecule has 0 aliphatic heterocycles. The lowest BCUT2D eigenvalue weighted by Gasteiger charge is -2.13. The van der Waals surface area contributed by atoms with Crippen molar-refractivity contribution in [2.24, 2.45) is 0 Å². The maximum Gasteiger partial charge on any atom is 0.141 e. The highest BCUT2D eigenvalue weighted by atomic mass is 19.1. The van der Waals surface area contributed by atoms with Crippen LogP contribution in [0.3, 0.4) is 0 Å². The summed E-state index contributed by atoms with van der Waals surface area (Å²) < 4.78 is 18.4. The van der Waals surface area contributed by atoms with E-state index in [0.717, 1.165) is 28.1 Å². The van der Waals surface area contributed by atoms with E-state index >= 15 is 0 Å². The SMILES string of the molecule is COc1ccc(-c2ccccc2)cc1NCc1ccc(F)cc1. The minimum atomic E-state index is -0.225. The number of methoxy groups -OCH3 is 1. The van der Waals surface area contributed by atoms with E-state index in [1.165, 1.54) is 12.1 Å². The van der Waals surface area contributed by atoms with Crippen molar-refractivity contribution in [2.75, 3.05) is 12.4 Å². The van der Waals surface area contributed by atoms with Gasteiger partial charge in [0.05, 0.1) is 12.8 Å². The van der Waals surface area contributed by atoms with Crippen molar-refractivity contribution in [2.45, 2.75) is 6.54 Å². The number of halogens is 1. The van der Waals surface area contributed by atoms with Crippen molar-refractivity contribution in [3.05, 3.63) is 84.2 Å². The molecule has 0 spiro atoms. The summed E-state index contributed by atoms with van der Waals surface area (Å²) in [4.78, 5) is 0. The number of anilines is 1. The van der Waals surface area contributed by atoms with Crippen molar-refractivity contribution in [3.63, 3.8) is 0 Å². The van der Waals surface area contributed by atoms with Gasteiger partial charge in [-0.15, -0.1) is 0 Å². The van der Waals surface area contributed by atoms with Crippen molar-refractivity contribution in [1.82, 2.24) is 0 Å². The van der Waals surface area contributed by atoms with Gasteiger partial charge in [-0.25, -0.2) is 4.39 Å². The summed E-state index contributed by atoms with van der Waals surface area (Å²) in [6, 6.07) is 22.7. The molecule has 3 heteroatoms. The number of hydrogen-bond donors (Lipinski definition) is 1. The van der Waals surface area contributed by atoms with Gasteiger partial charge in [0.25, 0.3) is 0 Å². The lowest BCUT2D eigenvalue weighted by molar-refractivity contribution is 0.416. The van der Waals surface area contributed by atoms with Crippen LogP contribution in [0.25, 0.3) is 11.1 Å². The van der Waals surface area contributed by atoms with Gasteiger partial charge in [-0.3, -0.25) is 0 Å². The second kappa shape index (κ2) is 6.97. The summed E-state index contributed by atoms with van der Waals surface area (Å²) in [7, 11) is 1.65. The normalized spacial score (nSPS) is 10.3. The predicted octanol–water partition coefficient (Wildman–Crippen LogP) is 5.11. The van der Waals surface area contributed by atoms with E-state index in [-0.39, 0.29) is 5.82 Å². The molecular formula is C20H18FNO. The van der Waals surface area contributed by atoms with E-state index in [2.05, 4.69) is 23.5 Å². The first-order valence-electron chi connectivity index (χ1n) is 7.48. The number of nitrogens with one attached hydrogen (secondary N) is 1. The van der Waals surface area contributed by atoms with Crippen LogP contribution in [0.15, 0.2) is 72.8 Å². The quantitative estimate of drug-likeness (QED) is 0.707. The molecule has 0 saturated carbocycles. The first kappa shape index (κ1) is 15.1. The molecule has 0 radical (unpaired) electrons. The summed E-state index contributed by atoms with van der Waals surface area (Å²) in [5.41, 5.74) is 4.20. The Balaban J connectivity index is 1.83. The van der Waals surface area contributed by atoms with Crippen molar-refractivity contribution in [3.8, 4) is 16.9 Å². The van der Waals surface area contributed by atoms with E-state index in [0.29, 0.717) is 6.54 Å². The highest BCUT2D eigenvalue weighted by Crippen LogP contribution is 2.30. The van der Waals surface area contributed by atoms with Crippen LogP contribution >= 0.6 is 0 Å². The maximum atomic E-state index is 13.0. The second-order valence-corrected chi connectivity index (χ2v) is 5.26. The van der Waals surface area contributed by atoms with Gasteiger partial charge in [0, 0.05) is 6.54 Å². The van der Waals surface area contributed by atoms with E-state index < -0.39 is 0 Å². The molecule has 1 N–H and O–H groups in total. The van der Waals surface area contributed by atoms with Gasteiger partial charge < -0.3 is 10.1 Å². The summed E-state index contributed by atoms with van der Waals surface area (Å²) >= 11 is 0. The van der Waals surface area contributed by atoms with Gasteiger partial charge in [-0.05, 0) is 41.0 Å². The smallest absolute Gasteiger partial charge is 0.141 e. The van der Waals surface area contributed by atoms with Gasteiger partial charge in [0.2, 0.25) is 0 Å². The van der Waals surface area contributed by atoms with Crippen molar-refractivity contribution in [1.29, 1.82) is 0 Å². The van der Waals surface area contributed by atoms with Crippen LogP contribution in [0.5, 0.6) is 5.75 Å². The molecule has 3 aromatic carbocycles. The van der Waals surface area contributed by atoms with Crippen LogP contribution in [0.1, 0.15) is 5.56 Å². The molecule has 0 saturated heterocycles. The van der Waals surface area contributed by atoms with Gasteiger partial charge in [-0.2, -0.15) is 0 Å². The van der Waals surface area contributed by atoms with Crippen LogP contribution < -0.4 is 10.1 Å². The first-order chi connectivity index (χ1) is 11.3. The third-order valence-electron chi connectivity index (χ3n) is 3.70. The number of hydrogen-bond acceptors (Lipinski definition) is 2. The van der Waals surface area contributed by atoms with Crippen LogP contribution in [0.2, 0.25) is 0 Å². The van der Waals surface area contributed by atoms with Gasteiger partial charge in [-0.1, -0.05) is 48.5 Å². The Bertz CT molecular complexity index is 769. The van der Waals surface area contributed by atoms with Crippen molar-refractivity contribution < 1.29 is 9.13 Å². The topological polar surface area (TPSA) is 21.3 Å². The van der Waals surface area contributed by atoms with E-state index in [1.807, 2.05) is 30.3 Å². The summed E-state index contributed by atoms with van der Waals surface area (Å²) in [5.74, 6) is 0.559. The molecule has 0 unspecified atom stereocenters. The monoisotopic (exact) mass is 307 g/mol. The fourth-order valence-corrected chi connectivity index (χ4v) is 2.46. The first-order valence-corrected chi connectivity index (χ1v) is 7.48. The zero-order valence-corrected chi connectivity index (χ0v) is 12.9. The Labute approximate surface area is 135 Å². The van der Waals surface area contributed by atoms with Crippen LogP contribution in [0.4, 0.5) is 10.1 Å². The molecule has 0 aliphatic carbocycles. The molecule has 0 atom stereocenters. The van der Waals surface area contributed by atoms with Crippen LogP contribution in [-0.4, -0.2) is 7.11 Å². The molecule has 0 amide bonds. The molecule has 2 nitrogen and oxygen atoms in total. The number of ether oxygens (including phenoxy) is 1. The highest BCUT2D eigenvalue weighted by molar-refractivity contribution is 5.72. The standard InChI is InChI=1S/C20H18FNO/c1-23-20-12-9-17(16-5-3-2-4-6-16)13-19(20)22-14-15-7-10-18(21)11-8-15/h2-13,22H,14H2,1H3. The maximum absolute atomic E-state index is 13.0. The summed E-state index contributed by atoms with van der Waals surface area (Å²) in [5, 5.41) is 3.36. The second-order valence-electron chi connectivity index (χ2n) is 5.26. The predicted molar refractivity (Wildman–Crippen MR) is 92.2 cm³/mol. The molecule has 3 aromatic rings. The fourth-order valence-electron chi connectivity index (χ4n) is 2.46.